The molecule has 0 fully saturated rings. The van der Waals surface area contributed by atoms with Crippen LogP contribution in [0.2, 0.25) is 0 Å². The molecule has 6 heteroatoms. The average Bonchev–Trinajstić information content (AvgIpc) is 2.39. The standard InChI is InChI=1S/C12H21NO5/c1-16-6-3-4-7-18-12(13-10-15)11(9-14)5-8-17-2/h10,12H,3-8H2,1-2H3,(H,13,15). The molecule has 18 heavy (non-hydrogen) atoms. The number of unbranched alkanes of at least 4 members (excludes halogenated alkanes) is 1. The Kier molecular flexibility index (Phi) is 11.4. The van der Waals surface area contributed by atoms with E-state index >= 15 is 0 Å². The Morgan fingerprint density at radius 2 is 1.89 bits per heavy atom. The molecule has 0 saturated heterocycles. The third-order valence-electron chi connectivity index (χ3n) is 2.27. The highest BCUT2D eigenvalue weighted by Crippen LogP contribution is 2.06. The van der Waals surface area contributed by atoms with Gasteiger partial charge >= 0.3 is 0 Å². The molecule has 1 amide bonds. The maximum Gasteiger partial charge on any atom is 0.209 e. The molecule has 0 aliphatic rings. The van der Waals surface area contributed by atoms with Gasteiger partial charge in [-0.05, 0) is 12.8 Å². The fraction of sp³-hybridized carbons (Fsp3) is 0.750. The van der Waals surface area contributed by atoms with Gasteiger partial charge in [0.05, 0.1) is 12.2 Å². The molecule has 104 valence electrons. The minimum atomic E-state index is -0.724. The molecular weight excluding hydrogens is 238 g/mol. The molecule has 0 saturated carbocycles. The van der Waals surface area contributed by atoms with Crippen LogP contribution in [0.15, 0.2) is 5.57 Å². The highest BCUT2D eigenvalue weighted by atomic mass is 16.5. The van der Waals surface area contributed by atoms with E-state index < -0.39 is 6.23 Å². The van der Waals surface area contributed by atoms with Gasteiger partial charge in [-0.1, -0.05) is 0 Å². The molecule has 0 aromatic heterocycles. The van der Waals surface area contributed by atoms with Crippen LogP contribution in [0.1, 0.15) is 19.3 Å². The smallest absolute Gasteiger partial charge is 0.209 e. The van der Waals surface area contributed by atoms with Crippen LogP contribution in [0.5, 0.6) is 0 Å². The van der Waals surface area contributed by atoms with Gasteiger partial charge in [0, 0.05) is 33.9 Å². The van der Waals surface area contributed by atoms with Crippen molar-refractivity contribution in [1.29, 1.82) is 0 Å². The van der Waals surface area contributed by atoms with Crippen molar-refractivity contribution >= 4 is 12.4 Å². The van der Waals surface area contributed by atoms with Crippen molar-refractivity contribution in [3.05, 3.63) is 5.57 Å². The summed E-state index contributed by atoms with van der Waals surface area (Å²) in [6.07, 6.45) is 1.81. The van der Waals surface area contributed by atoms with Crippen LogP contribution in [-0.4, -0.2) is 52.6 Å². The zero-order chi connectivity index (χ0) is 13.6. The number of nitrogens with one attached hydrogen (secondary N) is 1. The van der Waals surface area contributed by atoms with Gasteiger partial charge in [0.15, 0.2) is 6.23 Å². The Bertz CT molecular complexity index is 263. The molecule has 0 bridgehead atoms. The van der Waals surface area contributed by atoms with Gasteiger partial charge in [0.25, 0.3) is 0 Å². The SMILES string of the molecule is COCCCCOC(NC=O)C(=C=O)CCOC. The summed E-state index contributed by atoms with van der Waals surface area (Å²) in [5.41, 5.74) is 0.343. The van der Waals surface area contributed by atoms with Gasteiger partial charge in [0.2, 0.25) is 6.41 Å². The van der Waals surface area contributed by atoms with Crippen LogP contribution >= 0.6 is 0 Å². The lowest BCUT2D eigenvalue weighted by molar-refractivity contribution is -0.112. The van der Waals surface area contributed by atoms with Gasteiger partial charge in [-0.15, -0.1) is 0 Å². The van der Waals surface area contributed by atoms with E-state index in [2.05, 4.69) is 5.32 Å². The second-order valence-electron chi connectivity index (χ2n) is 3.61. The van der Waals surface area contributed by atoms with E-state index in [1.807, 2.05) is 0 Å². The van der Waals surface area contributed by atoms with Crippen molar-refractivity contribution in [1.82, 2.24) is 5.32 Å². The van der Waals surface area contributed by atoms with E-state index in [1.54, 1.807) is 13.1 Å². The number of hydrogen-bond donors (Lipinski definition) is 1. The number of carbonyl (C=O) groups excluding carboxylic acids is 2. The van der Waals surface area contributed by atoms with Gasteiger partial charge in [0.1, 0.15) is 5.94 Å². The third-order valence-corrected chi connectivity index (χ3v) is 2.27. The molecule has 0 spiro atoms. The van der Waals surface area contributed by atoms with E-state index in [4.69, 9.17) is 14.2 Å². The summed E-state index contributed by atoms with van der Waals surface area (Å²) in [6, 6.07) is 0. The Morgan fingerprint density at radius 3 is 2.44 bits per heavy atom. The summed E-state index contributed by atoms with van der Waals surface area (Å²) >= 11 is 0. The molecule has 0 radical (unpaired) electrons. The molecule has 0 aliphatic carbocycles. The fourth-order valence-corrected chi connectivity index (χ4v) is 1.31. The minimum absolute atomic E-state index is 0.343. The monoisotopic (exact) mass is 259 g/mol. The first-order valence-electron chi connectivity index (χ1n) is 5.83. The second kappa shape index (κ2) is 12.3. The predicted octanol–water partition coefficient (Wildman–Crippen LogP) is 0.296. The zero-order valence-corrected chi connectivity index (χ0v) is 10.9. The summed E-state index contributed by atoms with van der Waals surface area (Å²) in [7, 11) is 3.17. The minimum Gasteiger partial charge on any atom is -0.385 e. The summed E-state index contributed by atoms with van der Waals surface area (Å²) < 4.78 is 15.2. The molecule has 0 rings (SSSR count). The lowest BCUT2D eigenvalue weighted by Gasteiger charge is -2.17. The van der Waals surface area contributed by atoms with Crippen molar-refractivity contribution in [2.24, 2.45) is 0 Å². The van der Waals surface area contributed by atoms with E-state index in [1.165, 1.54) is 7.11 Å². The molecule has 0 heterocycles. The first-order chi connectivity index (χ1) is 8.79. The fourth-order valence-electron chi connectivity index (χ4n) is 1.31. The van der Waals surface area contributed by atoms with Crippen LogP contribution in [0.4, 0.5) is 0 Å². The first-order valence-corrected chi connectivity index (χ1v) is 5.83. The van der Waals surface area contributed by atoms with E-state index in [0.29, 0.717) is 38.2 Å². The molecule has 1 N–H and O–H groups in total. The molecule has 0 aromatic carbocycles. The highest BCUT2D eigenvalue weighted by molar-refractivity contribution is 5.56. The summed E-state index contributed by atoms with van der Waals surface area (Å²) in [6.45, 7) is 1.48. The van der Waals surface area contributed by atoms with E-state index in [0.717, 1.165) is 12.8 Å². The zero-order valence-electron chi connectivity index (χ0n) is 10.9. The first kappa shape index (κ1) is 16.8. The number of carbonyl (C=O) groups is 1. The predicted molar refractivity (Wildman–Crippen MR) is 65.7 cm³/mol. The Hall–Kier alpha value is -1.20. The van der Waals surface area contributed by atoms with Crippen molar-refractivity contribution in [2.45, 2.75) is 25.5 Å². The van der Waals surface area contributed by atoms with E-state index in [9.17, 15) is 9.59 Å². The Balaban J connectivity index is 4.09. The van der Waals surface area contributed by atoms with E-state index in [-0.39, 0.29) is 0 Å². The van der Waals surface area contributed by atoms with Gasteiger partial charge in [-0.3, -0.25) is 4.79 Å². The van der Waals surface area contributed by atoms with Crippen molar-refractivity contribution in [3.63, 3.8) is 0 Å². The molecule has 1 atom stereocenters. The largest absolute Gasteiger partial charge is 0.385 e. The van der Waals surface area contributed by atoms with Crippen molar-refractivity contribution < 1.29 is 23.8 Å². The van der Waals surface area contributed by atoms with Gasteiger partial charge in [-0.25, -0.2) is 4.79 Å². The molecule has 0 aliphatic heterocycles. The normalized spacial score (nSPS) is 11.7. The lowest BCUT2D eigenvalue weighted by atomic mass is 10.2. The summed E-state index contributed by atoms with van der Waals surface area (Å²) in [5, 5.41) is 2.44. The highest BCUT2D eigenvalue weighted by Gasteiger charge is 2.14. The van der Waals surface area contributed by atoms with Crippen LogP contribution in [0.3, 0.4) is 0 Å². The van der Waals surface area contributed by atoms with Crippen molar-refractivity contribution in [2.75, 3.05) is 34.0 Å². The van der Waals surface area contributed by atoms with Gasteiger partial charge < -0.3 is 19.5 Å². The maximum absolute atomic E-state index is 10.8. The number of ether oxygens (including phenoxy) is 3. The Labute approximate surface area is 107 Å². The van der Waals surface area contributed by atoms with Crippen LogP contribution < -0.4 is 5.32 Å². The maximum atomic E-state index is 10.8. The van der Waals surface area contributed by atoms with Crippen molar-refractivity contribution in [3.8, 4) is 0 Å². The van der Waals surface area contributed by atoms with Crippen LogP contribution in [0, 0.1) is 0 Å². The third kappa shape index (κ3) is 7.97. The number of amides is 1. The summed E-state index contributed by atoms with van der Waals surface area (Å²) in [5.74, 6) is 1.79. The molecular formula is C12H21NO5. The topological polar surface area (TPSA) is 73.9 Å². The quantitative estimate of drug-likeness (QED) is 0.236. The number of methoxy groups -OCH3 is 2. The number of rotatable bonds is 12. The molecule has 1 unspecified atom stereocenters. The molecule has 6 nitrogen and oxygen atoms in total. The second-order valence-corrected chi connectivity index (χ2v) is 3.61. The average molecular weight is 259 g/mol. The number of hydrogen-bond acceptors (Lipinski definition) is 5. The lowest BCUT2D eigenvalue weighted by Crippen LogP contribution is -2.33. The Morgan fingerprint density at radius 1 is 1.22 bits per heavy atom. The molecule has 0 aromatic rings. The van der Waals surface area contributed by atoms with Crippen LogP contribution in [-0.2, 0) is 23.8 Å². The van der Waals surface area contributed by atoms with Crippen LogP contribution in [0.25, 0.3) is 0 Å². The summed E-state index contributed by atoms with van der Waals surface area (Å²) in [4.78, 5) is 21.2. The van der Waals surface area contributed by atoms with Gasteiger partial charge in [-0.2, -0.15) is 0 Å².